The molecule has 0 aliphatic heterocycles. The summed E-state index contributed by atoms with van der Waals surface area (Å²) in [4.78, 5) is 3.94. The molecule has 88 valence electrons. The Morgan fingerprint density at radius 1 is 1.62 bits per heavy atom. The van der Waals surface area contributed by atoms with Crippen LogP contribution in [0.25, 0.3) is 5.76 Å². The number of hydrogen-bond acceptors (Lipinski definition) is 4. The van der Waals surface area contributed by atoms with Crippen molar-refractivity contribution in [3.63, 3.8) is 0 Å². The first-order valence-corrected chi connectivity index (χ1v) is 5.47. The fraction of sp³-hybridized carbons (Fsp3) is 0.364. The topological polar surface area (TPSA) is 31.4 Å². The molecule has 1 aromatic heterocycles. The van der Waals surface area contributed by atoms with Crippen LogP contribution in [0, 0.1) is 5.82 Å². The Bertz CT molecular complexity index is 371. The minimum Gasteiger partial charge on any atom is -0.494 e. The first kappa shape index (κ1) is 13.0. The van der Waals surface area contributed by atoms with Gasteiger partial charge in [0.25, 0.3) is 0 Å². The Morgan fingerprint density at radius 3 is 2.94 bits per heavy atom. The third kappa shape index (κ3) is 3.50. The van der Waals surface area contributed by atoms with Gasteiger partial charge in [0.2, 0.25) is 0 Å². The van der Waals surface area contributed by atoms with Crippen molar-refractivity contribution >= 4 is 18.4 Å². The monoisotopic (exact) mass is 243 g/mol. The molecule has 0 spiro atoms. The number of halogens is 1. The number of aromatic nitrogens is 1. The zero-order valence-corrected chi connectivity index (χ0v) is 9.97. The standard InChI is InChI=1S/C11H14FNO2S/c1-3-15-8(2)9-4-10(12)11(13-5-9)6-14-7-16/h4-5,16H,2-3,6-7H2,1H3. The van der Waals surface area contributed by atoms with Crippen molar-refractivity contribution in [1.82, 2.24) is 4.98 Å². The molecule has 3 nitrogen and oxygen atoms in total. The normalized spacial score (nSPS) is 10.2. The summed E-state index contributed by atoms with van der Waals surface area (Å²) in [7, 11) is 0. The average molecular weight is 243 g/mol. The molecule has 0 radical (unpaired) electrons. The van der Waals surface area contributed by atoms with Crippen LogP contribution in [0.15, 0.2) is 18.8 Å². The lowest BCUT2D eigenvalue weighted by Crippen LogP contribution is -2.00. The quantitative estimate of drug-likeness (QED) is 0.473. The molecule has 0 aliphatic carbocycles. The third-order valence-corrected chi connectivity index (χ3v) is 2.07. The molecule has 0 bridgehead atoms. The predicted octanol–water partition coefficient (Wildman–Crippen LogP) is 2.63. The summed E-state index contributed by atoms with van der Waals surface area (Å²) in [6.45, 7) is 6.11. The molecule has 0 aliphatic rings. The van der Waals surface area contributed by atoms with E-state index >= 15 is 0 Å². The zero-order valence-electron chi connectivity index (χ0n) is 9.07. The van der Waals surface area contributed by atoms with Gasteiger partial charge in [-0.25, -0.2) is 4.39 Å². The second kappa shape index (κ2) is 6.50. The molecular weight excluding hydrogens is 229 g/mol. The Hall–Kier alpha value is -1.07. The van der Waals surface area contributed by atoms with Crippen molar-refractivity contribution in [2.45, 2.75) is 13.5 Å². The van der Waals surface area contributed by atoms with Gasteiger partial charge < -0.3 is 9.47 Å². The van der Waals surface area contributed by atoms with E-state index in [1.165, 1.54) is 12.3 Å². The molecular formula is C11H14FNO2S. The van der Waals surface area contributed by atoms with Gasteiger partial charge in [-0.15, -0.1) is 0 Å². The van der Waals surface area contributed by atoms with Crippen molar-refractivity contribution in [2.24, 2.45) is 0 Å². The molecule has 0 unspecified atom stereocenters. The highest BCUT2D eigenvalue weighted by molar-refractivity contribution is 7.80. The summed E-state index contributed by atoms with van der Waals surface area (Å²) >= 11 is 3.86. The SMILES string of the molecule is C=C(OCC)c1cnc(COCS)c(F)c1. The second-order valence-corrected chi connectivity index (χ2v) is 3.24. The maximum absolute atomic E-state index is 13.5. The minimum atomic E-state index is -0.430. The highest BCUT2D eigenvalue weighted by Gasteiger charge is 2.07. The molecule has 0 saturated carbocycles. The number of pyridine rings is 1. The van der Waals surface area contributed by atoms with Crippen LogP contribution >= 0.6 is 12.6 Å². The van der Waals surface area contributed by atoms with Crippen LogP contribution in [0.3, 0.4) is 0 Å². The van der Waals surface area contributed by atoms with E-state index in [-0.39, 0.29) is 18.2 Å². The zero-order chi connectivity index (χ0) is 12.0. The van der Waals surface area contributed by atoms with Crippen LogP contribution < -0.4 is 0 Å². The van der Waals surface area contributed by atoms with Crippen LogP contribution in [0.4, 0.5) is 4.39 Å². The molecule has 0 amide bonds. The van der Waals surface area contributed by atoms with Crippen LogP contribution in [-0.4, -0.2) is 17.5 Å². The van der Waals surface area contributed by atoms with Gasteiger partial charge in [-0.2, -0.15) is 12.6 Å². The first-order valence-electron chi connectivity index (χ1n) is 4.84. The summed E-state index contributed by atoms with van der Waals surface area (Å²) in [6, 6.07) is 1.34. The number of rotatable bonds is 6. The fourth-order valence-electron chi connectivity index (χ4n) is 1.12. The summed E-state index contributed by atoms with van der Waals surface area (Å²) in [6.07, 6.45) is 1.51. The second-order valence-electron chi connectivity index (χ2n) is 2.99. The lowest BCUT2D eigenvalue weighted by Gasteiger charge is -2.08. The molecule has 0 aromatic carbocycles. The molecule has 1 rings (SSSR count). The lowest BCUT2D eigenvalue weighted by molar-refractivity contribution is 0.163. The van der Waals surface area contributed by atoms with E-state index in [4.69, 9.17) is 9.47 Å². The molecule has 0 atom stereocenters. The first-order chi connectivity index (χ1) is 7.69. The Morgan fingerprint density at radius 2 is 2.38 bits per heavy atom. The largest absolute Gasteiger partial charge is 0.494 e. The van der Waals surface area contributed by atoms with Crippen molar-refractivity contribution < 1.29 is 13.9 Å². The molecule has 1 aromatic rings. The van der Waals surface area contributed by atoms with Crippen LogP contribution in [0.5, 0.6) is 0 Å². The number of ether oxygens (including phenoxy) is 2. The number of thiol groups is 1. The van der Waals surface area contributed by atoms with E-state index < -0.39 is 5.82 Å². The van der Waals surface area contributed by atoms with Crippen molar-refractivity contribution in [3.05, 3.63) is 35.9 Å². The maximum atomic E-state index is 13.5. The van der Waals surface area contributed by atoms with E-state index in [0.717, 1.165) is 0 Å². The van der Waals surface area contributed by atoms with Gasteiger partial charge in [0.15, 0.2) is 0 Å². The van der Waals surface area contributed by atoms with E-state index in [1.54, 1.807) is 0 Å². The van der Waals surface area contributed by atoms with Crippen molar-refractivity contribution in [2.75, 3.05) is 12.5 Å². The Balaban J connectivity index is 2.78. The number of nitrogens with zero attached hydrogens (tertiary/aromatic N) is 1. The maximum Gasteiger partial charge on any atom is 0.147 e. The molecule has 0 N–H and O–H groups in total. The molecule has 1 heterocycles. The molecule has 0 saturated heterocycles. The third-order valence-electron chi connectivity index (χ3n) is 1.89. The lowest BCUT2D eigenvalue weighted by atomic mass is 10.2. The van der Waals surface area contributed by atoms with Crippen molar-refractivity contribution in [1.29, 1.82) is 0 Å². The fourth-order valence-corrected chi connectivity index (χ4v) is 1.22. The van der Waals surface area contributed by atoms with Crippen LogP contribution in [-0.2, 0) is 16.1 Å². The van der Waals surface area contributed by atoms with Gasteiger partial charge in [-0.3, -0.25) is 4.98 Å². The van der Waals surface area contributed by atoms with Crippen LogP contribution in [0.2, 0.25) is 0 Å². The summed E-state index contributed by atoms with van der Waals surface area (Å²) in [5.74, 6) is 0.213. The Labute approximate surface area is 99.7 Å². The smallest absolute Gasteiger partial charge is 0.147 e. The number of hydrogen-bond donors (Lipinski definition) is 1. The molecule has 16 heavy (non-hydrogen) atoms. The van der Waals surface area contributed by atoms with Crippen LogP contribution in [0.1, 0.15) is 18.2 Å². The minimum absolute atomic E-state index is 0.108. The van der Waals surface area contributed by atoms with E-state index in [1.807, 2.05) is 6.92 Å². The van der Waals surface area contributed by atoms with Gasteiger partial charge in [0.05, 0.1) is 19.2 Å². The van der Waals surface area contributed by atoms with E-state index in [2.05, 4.69) is 24.2 Å². The van der Waals surface area contributed by atoms with Gasteiger partial charge in [0.1, 0.15) is 17.3 Å². The predicted molar refractivity (Wildman–Crippen MR) is 63.5 cm³/mol. The average Bonchev–Trinajstić information content (AvgIpc) is 2.27. The summed E-state index contributed by atoms with van der Waals surface area (Å²) in [5.41, 5.74) is 0.788. The van der Waals surface area contributed by atoms with Gasteiger partial charge in [-0.1, -0.05) is 6.58 Å². The van der Waals surface area contributed by atoms with Crippen molar-refractivity contribution in [3.8, 4) is 0 Å². The highest BCUT2D eigenvalue weighted by Crippen LogP contribution is 2.16. The van der Waals surface area contributed by atoms with Gasteiger partial charge >= 0.3 is 0 Å². The highest BCUT2D eigenvalue weighted by atomic mass is 32.1. The van der Waals surface area contributed by atoms with E-state index in [9.17, 15) is 4.39 Å². The Kier molecular flexibility index (Phi) is 5.28. The summed E-state index contributed by atoms with van der Waals surface area (Å²) < 4.78 is 23.6. The molecule has 0 fully saturated rings. The van der Waals surface area contributed by atoms with E-state index in [0.29, 0.717) is 17.9 Å². The van der Waals surface area contributed by atoms with Gasteiger partial charge in [-0.05, 0) is 13.0 Å². The van der Waals surface area contributed by atoms with Gasteiger partial charge in [0, 0.05) is 11.8 Å². The summed E-state index contributed by atoms with van der Waals surface area (Å²) in [5, 5.41) is 0. The molecule has 5 heteroatoms.